The van der Waals surface area contributed by atoms with Crippen LogP contribution in [0.15, 0.2) is 23.1 Å². The number of nitrogens with zero attached hydrogens (tertiary/aromatic N) is 1. The first kappa shape index (κ1) is 15.7. The van der Waals surface area contributed by atoms with E-state index in [1.807, 2.05) is 0 Å². The van der Waals surface area contributed by atoms with Crippen molar-refractivity contribution in [3.63, 3.8) is 0 Å². The number of methoxy groups -OCH3 is 1. The molecule has 5 nitrogen and oxygen atoms in total. The fourth-order valence-electron chi connectivity index (χ4n) is 2.05. The minimum atomic E-state index is -3.59. The van der Waals surface area contributed by atoms with E-state index in [0.717, 1.165) is 18.4 Å². The van der Waals surface area contributed by atoms with E-state index in [2.05, 4.69) is 0 Å². The van der Waals surface area contributed by atoms with E-state index in [1.54, 1.807) is 19.2 Å². The second-order valence-electron chi connectivity index (χ2n) is 4.81. The molecule has 1 saturated carbocycles. The molecule has 0 spiro atoms. The molecule has 0 aliphatic heterocycles. The van der Waals surface area contributed by atoms with Crippen molar-refractivity contribution in [2.24, 2.45) is 5.73 Å². The molecule has 0 unspecified atom stereocenters. The molecular formula is C13H19ClN2O3S. The van der Waals surface area contributed by atoms with Crippen LogP contribution < -0.4 is 5.73 Å². The van der Waals surface area contributed by atoms with E-state index in [-0.39, 0.29) is 16.0 Å². The number of benzene rings is 1. The van der Waals surface area contributed by atoms with Crippen LogP contribution in [0.3, 0.4) is 0 Å². The Labute approximate surface area is 124 Å². The van der Waals surface area contributed by atoms with Gasteiger partial charge in [0.05, 0.1) is 11.6 Å². The van der Waals surface area contributed by atoms with Gasteiger partial charge in [-0.1, -0.05) is 17.7 Å². The smallest absolute Gasteiger partial charge is 0.244 e. The van der Waals surface area contributed by atoms with Crippen LogP contribution in [0.25, 0.3) is 0 Å². The minimum absolute atomic E-state index is 0.0698. The van der Waals surface area contributed by atoms with Crippen LogP contribution in [0.4, 0.5) is 0 Å². The summed E-state index contributed by atoms with van der Waals surface area (Å²) in [5.74, 6) is 0. The Balaban J connectivity index is 2.32. The molecule has 0 amide bonds. The van der Waals surface area contributed by atoms with Gasteiger partial charge in [0.2, 0.25) is 10.0 Å². The first-order valence-electron chi connectivity index (χ1n) is 6.50. The lowest BCUT2D eigenvalue weighted by molar-refractivity contribution is 0.177. The van der Waals surface area contributed by atoms with Crippen molar-refractivity contribution < 1.29 is 13.2 Å². The van der Waals surface area contributed by atoms with Crippen molar-refractivity contribution >= 4 is 21.6 Å². The summed E-state index contributed by atoms with van der Waals surface area (Å²) < 4.78 is 31.9. The summed E-state index contributed by atoms with van der Waals surface area (Å²) in [7, 11) is -2.03. The Hall–Kier alpha value is -0.660. The number of ether oxygens (including phenoxy) is 1. The van der Waals surface area contributed by atoms with Gasteiger partial charge in [-0.3, -0.25) is 0 Å². The highest BCUT2D eigenvalue weighted by molar-refractivity contribution is 7.89. The van der Waals surface area contributed by atoms with Crippen LogP contribution in [0.5, 0.6) is 0 Å². The van der Waals surface area contributed by atoms with Crippen molar-refractivity contribution in [2.45, 2.75) is 30.3 Å². The summed E-state index contributed by atoms with van der Waals surface area (Å²) >= 11 is 6.10. The molecule has 1 fully saturated rings. The van der Waals surface area contributed by atoms with Gasteiger partial charge in [-0.15, -0.1) is 0 Å². The molecule has 20 heavy (non-hydrogen) atoms. The van der Waals surface area contributed by atoms with Crippen molar-refractivity contribution in [1.29, 1.82) is 0 Å². The van der Waals surface area contributed by atoms with Crippen LogP contribution >= 0.6 is 11.6 Å². The third kappa shape index (κ3) is 3.32. The number of halogens is 1. The van der Waals surface area contributed by atoms with Crippen molar-refractivity contribution in [2.75, 3.05) is 20.3 Å². The minimum Gasteiger partial charge on any atom is -0.383 e. The molecule has 2 N–H and O–H groups in total. The van der Waals surface area contributed by atoms with Gasteiger partial charge < -0.3 is 10.5 Å². The van der Waals surface area contributed by atoms with Crippen LogP contribution in [-0.4, -0.2) is 39.0 Å². The van der Waals surface area contributed by atoms with E-state index in [4.69, 9.17) is 22.1 Å². The van der Waals surface area contributed by atoms with Gasteiger partial charge in [-0.2, -0.15) is 4.31 Å². The molecule has 1 aromatic rings. The van der Waals surface area contributed by atoms with Crippen LogP contribution in [0, 0.1) is 0 Å². The standard InChI is InChI=1S/C13H19ClN2O3S/c1-19-7-6-16(11-3-4-11)20(17,18)13-5-2-10(9-15)8-12(13)14/h2,5,8,11H,3-4,6-7,9,15H2,1H3. The predicted octanol–water partition coefficient (Wildman–Crippen LogP) is 1.60. The maximum Gasteiger partial charge on any atom is 0.244 e. The molecular weight excluding hydrogens is 300 g/mol. The SMILES string of the molecule is COCCN(C1CC1)S(=O)(=O)c1ccc(CN)cc1Cl. The van der Waals surface area contributed by atoms with Gasteiger partial charge in [-0.05, 0) is 30.5 Å². The van der Waals surface area contributed by atoms with Crippen LogP contribution in [-0.2, 0) is 21.3 Å². The molecule has 1 aliphatic carbocycles. The molecule has 0 saturated heterocycles. The number of hydrogen-bond acceptors (Lipinski definition) is 4. The topological polar surface area (TPSA) is 72.6 Å². The highest BCUT2D eigenvalue weighted by Gasteiger charge is 2.38. The molecule has 0 bridgehead atoms. The lowest BCUT2D eigenvalue weighted by atomic mass is 10.2. The molecule has 7 heteroatoms. The molecule has 0 radical (unpaired) electrons. The number of rotatable bonds is 7. The molecule has 2 rings (SSSR count). The average molecular weight is 319 g/mol. The summed E-state index contributed by atoms with van der Waals surface area (Å²) in [5, 5.41) is 0.219. The van der Waals surface area contributed by atoms with Gasteiger partial charge in [0, 0.05) is 26.2 Å². The lowest BCUT2D eigenvalue weighted by Gasteiger charge is -2.22. The van der Waals surface area contributed by atoms with Crippen LogP contribution in [0.1, 0.15) is 18.4 Å². The third-order valence-electron chi connectivity index (χ3n) is 3.29. The monoisotopic (exact) mass is 318 g/mol. The highest BCUT2D eigenvalue weighted by Crippen LogP contribution is 2.34. The fraction of sp³-hybridized carbons (Fsp3) is 0.538. The molecule has 1 aromatic carbocycles. The maximum atomic E-state index is 12.7. The Morgan fingerprint density at radius 2 is 2.15 bits per heavy atom. The zero-order valence-electron chi connectivity index (χ0n) is 11.4. The molecule has 0 atom stereocenters. The molecule has 112 valence electrons. The summed E-state index contributed by atoms with van der Waals surface area (Å²) in [6.07, 6.45) is 1.78. The Kier molecular flexibility index (Phi) is 5.04. The lowest BCUT2D eigenvalue weighted by Crippen LogP contribution is -2.36. The highest BCUT2D eigenvalue weighted by atomic mass is 35.5. The first-order chi connectivity index (χ1) is 9.50. The number of nitrogens with two attached hydrogens (primary N) is 1. The predicted molar refractivity (Wildman–Crippen MR) is 78.1 cm³/mol. The summed E-state index contributed by atoms with van der Waals surface area (Å²) in [6, 6.07) is 4.90. The second kappa shape index (κ2) is 6.41. The van der Waals surface area contributed by atoms with E-state index in [1.165, 1.54) is 10.4 Å². The van der Waals surface area contributed by atoms with Crippen molar-refractivity contribution in [1.82, 2.24) is 4.31 Å². The van der Waals surface area contributed by atoms with Gasteiger partial charge in [0.25, 0.3) is 0 Å². The van der Waals surface area contributed by atoms with E-state index in [9.17, 15) is 8.42 Å². The fourth-order valence-corrected chi connectivity index (χ4v) is 4.26. The van der Waals surface area contributed by atoms with Crippen molar-refractivity contribution in [3.05, 3.63) is 28.8 Å². The second-order valence-corrected chi connectivity index (χ2v) is 7.07. The zero-order valence-corrected chi connectivity index (χ0v) is 13.0. The average Bonchev–Trinajstić information content (AvgIpc) is 3.23. The Morgan fingerprint density at radius 1 is 1.45 bits per heavy atom. The first-order valence-corrected chi connectivity index (χ1v) is 8.31. The molecule has 1 aliphatic rings. The Bertz CT molecular complexity index is 573. The summed E-state index contributed by atoms with van der Waals surface area (Å²) in [4.78, 5) is 0.138. The maximum absolute atomic E-state index is 12.7. The largest absolute Gasteiger partial charge is 0.383 e. The van der Waals surface area contributed by atoms with Gasteiger partial charge >= 0.3 is 0 Å². The van der Waals surface area contributed by atoms with E-state index >= 15 is 0 Å². The van der Waals surface area contributed by atoms with E-state index < -0.39 is 10.0 Å². The van der Waals surface area contributed by atoms with Gasteiger partial charge in [-0.25, -0.2) is 8.42 Å². The normalized spacial score (nSPS) is 15.8. The summed E-state index contributed by atoms with van der Waals surface area (Å²) in [5.41, 5.74) is 6.34. The van der Waals surface area contributed by atoms with Gasteiger partial charge in [0.15, 0.2) is 0 Å². The summed E-state index contributed by atoms with van der Waals surface area (Å²) in [6.45, 7) is 1.04. The number of hydrogen-bond donors (Lipinski definition) is 1. The van der Waals surface area contributed by atoms with Crippen LogP contribution in [0.2, 0.25) is 5.02 Å². The van der Waals surface area contributed by atoms with Crippen molar-refractivity contribution in [3.8, 4) is 0 Å². The van der Waals surface area contributed by atoms with E-state index in [0.29, 0.717) is 19.7 Å². The van der Waals surface area contributed by atoms with Gasteiger partial charge in [0.1, 0.15) is 4.90 Å². The number of sulfonamides is 1. The molecule has 0 aromatic heterocycles. The quantitative estimate of drug-likeness (QED) is 0.828. The Morgan fingerprint density at radius 3 is 2.65 bits per heavy atom. The third-order valence-corrected chi connectivity index (χ3v) is 5.72. The zero-order chi connectivity index (χ0) is 14.8. The molecule has 0 heterocycles.